The third-order valence-electron chi connectivity index (χ3n) is 2.06. The maximum Gasteiger partial charge on any atom is 0.140 e. The topological polar surface area (TPSA) is 46.0 Å². The van der Waals surface area contributed by atoms with Crippen LogP contribution in [0.15, 0.2) is 24.5 Å². The largest absolute Gasteiger partial charge is 0.395 e. The average Bonchev–Trinajstić information content (AvgIpc) is 2.30. The first kappa shape index (κ1) is 10.9. The lowest BCUT2D eigenvalue weighted by atomic mass is 10.1. The van der Waals surface area contributed by atoms with Crippen LogP contribution in [0.25, 0.3) is 10.9 Å². The summed E-state index contributed by atoms with van der Waals surface area (Å²) in [6, 6.07) is 5.57. The fraction of sp³-hybridized carbons (Fsp3) is 0.167. The Balaban J connectivity index is 2.44. The molecule has 80 valence electrons. The van der Waals surface area contributed by atoms with E-state index in [0.29, 0.717) is 11.6 Å². The van der Waals surface area contributed by atoms with Crippen LogP contribution in [0.4, 0.5) is 0 Å². The van der Waals surface area contributed by atoms with Gasteiger partial charge in [-0.05, 0) is 18.2 Å². The molecular formula is C12H9ClN2O. The summed E-state index contributed by atoms with van der Waals surface area (Å²) in [6.07, 6.45) is 1.90. The van der Waals surface area contributed by atoms with Crippen LogP contribution in [-0.4, -0.2) is 21.7 Å². The molecule has 0 spiro atoms. The molecule has 0 saturated carbocycles. The molecule has 0 aliphatic carbocycles. The molecule has 0 bridgehead atoms. The Morgan fingerprint density at radius 3 is 3.00 bits per heavy atom. The first-order valence-electron chi connectivity index (χ1n) is 4.81. The average molecular weight is 233 g/mol. The lowest BCUT2D eigenvalue weighted by Gasteiger charge is -1.98. The predicted octanol–water partition coefficient (Wildman–Crippen LogP) is 2.02. The van der Waals surface area contributed by atoms with Gasteiger partial charge in [-0.3, -0.25) is 0 Å². The van der Waals surface area contributed by atoms with Gasteiger partial charge in [-0.15, -0.1) is 0 Å². The normalized spacial score (nSPS) is 9.88. The molecule has 0 amide bonds. The van der Waals surface area contributed by atoms with E-state index in [0.717, 1.165) is 16.5 Å². The van der Waals surface area contributed by atoms with Crippen LogP contribution in [0, 0.1) is 11.8 Å². The van der Waals surface area contributed by atoms with Crippen LogP contribution in [0.3, 0.4) is 0 Å². The van der Waals surface area contributed by atoms with Crippen LogP contribution < -0.4 is 0 Å². The highest BCUT2D eigenvalue weighted by atomic mass is 35.5. The molecule has 0 aliphatic rings. The SMILES string of the molecule is OCCC#Cc1ccc2ncnc(Cl)c2c1. The number of hydrogen-bond acceptors (Lipinski definition) is 3. The minimum absolute atomic E-state index is 0.0739. The van der Waals surface area contributed by atoms with E-state index in [2.05, 4.69) is 21.8 Å². The second kappa shape index (κ2) is 4.93. The standard InChI is InChI=1S/C12H9ClN2O/c13-12-10-7-9(3-1-2-6-16)4-5-11(10)14-8-15-12/h4-5,7-8,16H,2,6H2. The fourth-order valence-corrected chi connectivity index (χ4v) is 1.52. The molecule has 3 nitrogen and oxygen atoms in total. The van der Waals surface area contributed by atoms with E-state index in [9.17, 15) is 0 Å². The van der Waals surface area contributed by atoms with E-state index in [1.54, 1.807) is 0 Å². The monoisotopic (exact) mass is 232 g/mol. The van der Waals surface area contributed by atoms with Gasteiger partial charge in [0, 0.05) is 17.4 Å². The minimum Gasteiger partial charge on any atom is -0.395 e. The fourth-order valence-electron chi connectivity index (χ4n) is 1.32. The molecule has 4 heteroatoms. The summed E-state index contributed by atoms with van der Waals surface area (Å²) in [4.78, 5) is 8.01. The molecule has 0 unspecified atom stereocenters. The Bertz CT molecular complexity index is 572. The highest BCUT2D eigenvalue weighted by Crippen LogP contribution is 2.19. The van der Waals surface area contributed by atoms with Gasteiger partial charge in [0.05, 0.1) is 12.1 Å². The van der Waals surface area contributed by atoms with Gasteiger partial charge in [-0.25, -0.2) is 9.97 Å². The summed E-state index contributed by atoms with van der Waals surface area (Å²) in [5.41, 5.74) is 1.64. The second-order valence-corrected chi connectivity index (χ2v) is 3.53. The van der Waals surface area contributed by atoms with E-state index >= 15 is 0 Å². The van der Waals surface area contributed by atoms with Crippen molar-refractivity contribution in [2.45, 2.75) is 6.42 Å². The highest BCUT2D eigenvalue weighted by Gasteiger charge is 2.00. The Morgan fingerprint density at radius 2 is 2.19 bits per heavy atom. The predicted molar refractivity (Wildman–Crippen MR) is 63.1 cm³/mol. The molecular weight excluding hydrogens is 224 g/mol. The van der Waals surface area contributed by atoms with Crippen LogP contribution in [-0.2, 0) is 0 Å². The second-order valence-electron chi connectivity index (χ2n) is 3.17. The maximum atomic E-state index is 8.62. The first-order valence-corrected chi connectivity index (χ1v) is 5.19. The van der Waals surface area contributed by atoms with Crippen molar-refractivity contribution in [1.29, 1.82) is 0 Å². The zero-order chi connectivity index (χ0) is 11.4. The van der Waals surface area contributed by atoms with E-state index < -0.39 is 0 Å². The number of aliphatic hydroxyl groups is 1. The Morgan fingerprint density at radius 1 is 1.31 bits per heavy atom. The van der Waals surface area contributed by atoms with Crippen molar-refractivity contribution in [3.63, 3.8) is 0 Å². The lowest BCUT2D eigenvalue weighted by molar-refractivity contribution is 0.305. The van der Waals surface area contributed by atoms with E-state index in [1.165, 1.54) is 6.33 Å². The number of nitrogens with zero attached hydrogens (tertiary/aromatic N) is 2. The molecule has 0 radical (unpaired) electrons. The molecule has 0 atom stereocenters. The summed E-state index contributed by atoms with van der Waals surface area (Å²) >= 11 is 5.95. The number of fused-ring (bicyclic) bond motifs is 1. The van der Waals surface area contributed by atoms with Gasteiger partial charge >= 0.3 is 0 Å². The van der Waals surface area contributed by atoms with Crippen molar-refractivity contribution in [3.05, 3.63) is 35.2 Å². The highest BCUT2D eigenvalue weighted by molar-refractivity contribution is 6.34. The molecule has 1 aromatic carbocycles. The molecule has 1 aromatic heterocycles. The van der Waals surface area contributed by atoms with Crippen molar-refractivity contribution in [1.82, 2.24) is 9.97 Å². The van der Waals surface area contributed by atoms with Gasteiger partial charge in [-0.1, -0.05) is 23.4 Å². The smallest absolute Gasteiger partial charge is 0.140 e. The van der Waals surface area contributed by atoms with Gasteiger partial charge < -0.3 is 5.11 Å². The summed E-state index contributed by atoms with van der Waals surface area (Å²) < 4.78 is 0. The van der Waals surface area contributed by atoms with Crippen molar-refractivity contribution < 1.29 is 5.11 Å². The van der Waals surface area contributed by atoms with Crippen LogP contribution in [0.5, 0.6) is 0 Å². The number of aromatic nitrogens is 2. The van der Waals surface area contributed by atoms with E-state index in [-0.39, 0.29) is 6.61 Å². The Hall–Kier alpha value is -1.63. The molecule has 2 rings (SSSR count). The Kier molecular flexibility index (Phi) is 3.35. The Labute approximate surface area is 98.1 Å². The molecule has 0 saturated heterocycles. The van der Waals surface area contributed by atoms with E-state index in [1.807, 2.05) is 18.2 Å². The number of hydrogen-bond donors (Lipinski definition) is 1. The lowest BCUT2D eigenvalue weighted by Crippen LogP contribution is -1.85. The summed E-state index contributed by atoms with van der Waals surface area (Å²) in [7, 11) is 0. The molecule has 0 aliphatic heterocycles. The first-order chi connectivity index (χ1) is 7.81. The molecule has 16 heavy (non-hydrogen) atoms. The summed E-state index contributed by atoms with van der Waals surface area (Å²) in [5, 5.41) is 9.83. The van der Waals surface area contributed by atoms with Gasteiger partial charge in [0.15, 0.2) is 0 Å². The zero-order valence-corrected chi connectivity index (χ0v) is 9.20. The van der Waals surface area contributed by atoms with Crippen LogP contribution in [0.2, 0.25) is 5.15 Å². The zero-order valence-electron chi connectivity index (χ0n) is 8.44. The maximum absolute atomic E-state index is 8.62. The van der Waals surface area contributed by atoms with E-state index in [4.69, 9.17) is 16.7 Å². The summed E-state index contributed by atoms with van der Waals surface area (Å²) in [6.45, 7) is 0.0739. The molecule has 1 heterocycles. The quantitative estimate of drug-likeness (QED) is 0.604. The molecule has 1 N–H and O–H groups in total. The molecule has 0 fully saturated rings. The number of halogens is 1. The van der Waals surface area contributed by atoms with Gasteiger partial charge in [0.25, 0.3) is 0 Å². The molecule has 2 aromatic rings. The van der Waals surface area contributed by atoms with Gasteiger partial charge in [0.2, 0.25) is 0 Å². The van der Waals surface area contributed by atoms with Gasteiger partial charge in [0.1, 0.15) is 11.5 Å². The number of rotatable bonds is 1. The third kappa shape index (κ3) is 2.30. The van der Waals surface area contributed by atoms with Gasteiger partial charge in [-0.2, -0.15) is 0 Å². The number of aliphatic hydroxyl groups excluding tert-OH is 1. The summed E-state index contributed by atoms with van der Waals surface area (Å²) in [5.74, 6) is 5.79. The van der Waals surface area contributed by atoms with Crippen molar-refractivity contribution in [3.8, 4) is 11.8 Å². The van der Waals surface area contributed by atoms with Crippen molar-refractivity contribution in [2.24, 2.45) is 0 Å². The van der Waals surface area contributed by atoms with Crippen molar-refractivity contribution >= 4 is 22.5 Å². The number of benzene rings is 1. The third-order valence-corrected chi connectivity index (χ3v) is 2.36. The van der Waals surface area contributed by atoms with Crippen LogP contribution >= 0.6 is 11.6 Å². The van der Waals surface area contributed by atoms with Crippen LogP contribution in [0.1, 0.15) is 12.0 Å². The minimum atomic E-state index is 0.0739. The van der Waals surface area contributed by atoms with Crippen molar-refractivity contribution in [2.75, 3.05) is 6.61 Å².